The first-order valence-corrected chi connectivity index (χ1v) is 14.8. The Morgan fingerprint density at radius 1 is 0.825 bits per heavy atom. The second kappa shape index (κ2) is 15.9. The van der Waals surface area contributed by atoms with Crippen molar-refractivity contribution in [3.8, 4) is 0 Å². The summed E-state index contributed by atoms with van der Waals surface area (Å²) in [5, 5.41) is 0.866. The predicted octanol–water partition coefficient (Wildman–Crippen LogP) is 8.36. The fourth-order valence-electron chi connectivity index (χ4n) is 6.05. The van der Waals surface area contributed by atoms with Crippen LogP contribution in [0.25, 0.3) is 0 Å². The zero-order valence-corrected chi connectivity index (χ0v) is 26.0. The lowest BCUT2D eigenvalue weighted by molar-refractivity contribution is 0.0974. The van der Waals surface area contributed by atoms with Crippen molar-refractivity contribution in [1.29, 1.82) is 0 Å². The second-order valence-corrected chi connectivity index (χ2v) is 11.8. The van der Waals surface area contributed by atoms with Gasteiger partial charge in [-0.2, -0.15) is 0 Å². The molecule has 2 aliphatic heterocycles. The minimum atomic E-state index is 0. The number of aryl methyl sites for hydroxylation is 1. The van der Waals surface area contributed by atoms with Crippen LogP contribution >= 0.6 is 36.4 Å². The summed E-state index contributed by atoms with van der Waals surface area (Å²) >= 11 is 6.35. The summed E-state index contributed by atoms with van der Waals surface area (Å²) in [6, 6.07) is 23.5. The van der Waals surface area contributed by atoms with E-state index in [1.165, 1.54) is 40.7 Å². The molecule has 0 saturated carbocycles. The summed E-state index contributed by atoms with van der Waals surface area (Å²) in [6.07, 6.45) is 7.34. The normalized spacial score (nSPS) is 16.4. The number of hydrogen-bond acceptors (Lipinski definition) is 3. The van der Waals surface area contributed by atoms with Crippen LogP contribution in [-0.2, 0) is 25.9 Å². The fraction of sp³-hybridized carbons (Fsp3) is 0.441. The monoisotopic (exact) mass is 600 g/mol. The highest BCUT2D eigenvalue weighted by Gasteiger charge is 2.21. The molecule has 2 aliphatic rings. The molecule has 3 aromatic rings. The molecule has 2 heterocycles. The summed E-state index contributed by atoms with van der Waals surface area (Å²) in [5.74, 6) is 1.04. The van der Waals surface area contributed by atoms with Gasteiger partial charge in [0.25, 0.3) is 0 Å². The SMILES string of the molecule is Cc1ccc(CN2CCc3ccc(C(=O)CCCC4CCN(Cc5ccccc5Cl)CC4)cc3CC2)cc1.Cl.Cl. The summed E-state index contributed by atoms with van der Waals surface area (Å²) in [6.45, 7) is 8.44. The molecule has 0 amide bonds. The van der Waals surface area contributed by atoms with Crippen LogP contribution in [0.3, 0.4) is 0 Å². The molecule has 6 heteroatoms. The van der Waals surface area contributed by atoms with Gasteiger partial charge in [-0.25, -0.2) is 0 Å². The molecule has 0 radical (unpaired) electrons. The Balaban J connectivity index is 0.00000220. The molecule has 1 saturated heterocycles. The number of carbonyl (C=O) groups excluding carboxylic acids is 1. The molecular formula is C34H43Cl3N2O. The van der Waals surface area contributed by atoms with Crippen molar-refractivity contribution in [2.24, 2.45) is 5.92 Å². The van der Waals surface area contributed by atoms with Crippen molar-refractivity contribution in [3.63, 3.8) is 0 Å². The van der Waals surface area contributed by atoms with E-state index >= 15 is 0 Å². The number of halogens is 3. The Morgan fingerprint density at radius 2 is 1.50 bits per heavy atom. The van der Waals surface area contributed by atoms with E-state index in [1.807, 2.05) is 12.1 Å². The van der Waals surface area contributed by atoms with Crippen LogP contribution in [0.5, 0.6) is 0 Å². The summed E-state index contributed by atoms with van der Waals surface area (Å²) in [5.41, 5.74) is 7.60. The van der Waals surface area contributed by atoms with E-state index in [9.17, 15) is 4.79 Å². The summed E-state index contributed by atoms with van der Waals surface area (Å²) < 4.78 is 0. The predicted molar refractivity (Wildman–Crippen MR) is 172 cm³/mol. The maximum absolute atomic E-state index is 13.0. The van der Waals surface area contributed by atoms with Gasteiger partial charge in [-0.15, -0.1) is 24.8 Å². The quantitative estimate of drug-likeness (QED) is 0.230. The molecule has 0 N–H and O–H groups in total. The molecule has 0 bridgehead atoms. The Kier molecular flexibility index (Phi) is 13.0. The van der Waals surface area contributed by atoms with Crippen LogP contribution in [0.4, 0.5) is 0 Å². The number of hydrogen-bond donors (Lipinski definition) is 0. The van der Waals surface area contributed by atoms with Gasteiger partial charge in [0.2, 0.25) is 0 Å². The number of nitrogens with zero attached hydrogens (tertiary/aromatic N) is 2. The minimum absolute atomic E-state index is 0. The van der Waals surface area contributed by atoms with Gasteiger partial charge in [0.05, 0.1) is 0 Å². The molecule has 0 atom stereocenters. The van der Waals surface area contributed by atoms with Gasteiger partial charge in [-0.3, -0.25) is 14.6 Å². The van der Waals surface area contributed by atoms with Crippen molar-refractivity contribution in [3.05, 3.63) is 105 Å². The van der Waals surface area contributed by atoms with E-state index < -0.39 is 0 Å². The standard InChI is InChI=1S/C34H41ClN2O.2ClH/c1-26-9-11-28(12-10-26)24-36-21-17-29-13-14-31(23-30(29)18-22-36)34(38)8-4-5-27-15-19-37(20-16-27)25-32-6-2-3-7-33(32)35;;/h2-3,6-7,9-14,23,27H,4-5,8,15-22,24-25H2,1H3;2*1H. The van der Waals surface area contributed by atoms with Crippen LogP contribution in [0.15, 0.2) is 66.7 Å². The molecule has 216 valence electrons. The lowest BCUT2D eigenvalue weighted by Gasteiger charge is -2.32. The zero-order valence-electron chi connectivity index (χ0n) is 23.6. The molecule has 0 aliphatic carbocycles. The number of carbonyl (C=O) groups is 1. The number of piperidine rings is 1. The first-order valence-electron chi connectivity index (χ1n) is 14.4. The van der Waals surface area contributed by atoms with Gasteiger partial charge in [-0.1, -0.05) is 71.8 Å². The molecule has 0 aromatic heterocycles. The van der Waals surface area contributed by atoms with E-state index in [0.29, 0.717) is 12.2 Å². The number of ketones is 1. The number of fused-ring (bicyclic) bond motifs is 1. The van der Waals surface area contributed by atoms with Gasteiger partial charge < -0.3 is 0 Å². The first kappa shape index (κ1) is 32.6. The van der Waals surface area contributed by atoms with Gasteiger partial charge >= 0.3 is 0 Å². The summed E-state index contributed by atoms with van der Waals surface area (Å²) in [7, 11) is 0. The van der Waals surface area contributed by atoms with Crippen molar-refractivity contribution < 1.29 is 4.79 Å². The molecule has 40 heavy (non-hydrogen) atoms. The van der Waals surface area contributed by atoms with E-state index in [-0.39, 0.29) is 24.8 Å². The van der Waals surface area contributed by atoms with Crippen LogP contribution in [-0.4, -0.2) is 41.8 Å². The fourth-order valence-corrected chi connectivity index (χ4v) is 6.25. The Bertz CT molecular complexity index is 1220. The van der Waals surface area contributed by atoms with Crippen molar-refractivity contribution in [2.45, 2.75) is 65.0 Å². The van der Waals surface area contributed by atoms with Crippen LogP contribution in [0, 0.1) is 12.8 Å². The highest BCUT2D eigenvalue weighted by Crippen LogP contribution is 2.26. The first-order chi connectivity index (χ1) is 18.5. The third-order valence-corrected chi connectivity index (χ3v) is 8.89. The average molecular weight is 602 g/mol. The van der Waals surface area contributed by atoms with Gasteiger partial charge in [0, 0.05) is 43.2 Å². The van der Waals surface area contributed by atoms with Crippen molar-refractivity contribution >= 4 is 42.2 Å². The topological polar surface area (TPSA) is 23.6 Å². The molecule has 0 spiro atoms. The summed E-state index contributed by atoms with van der Waals surface area (Å²) in [4.78, 5) is 18.1. The average Bonchev–Trinajstić information content (AvgIpc) is 3.14. The van der Waals surface area contributed by atoms with Crippen molar-refractivity contribution in [1.82, 2.24) is 9.80 Å². The number of likely N-dealkylation sites (tertiary alicyclic amines) is 1. The lowest BCUT2D eigenvalue weighted by Crippen LogP contribution is -2.33. The number of rotatable bonds is 9. The minimum Gasteiger partial charge on any atom is -0.299 e. The smallest absolute Gasteiger partial charge is 0.162 e. The maximum atomic E-state index is 13.0. The Labute approximate surface area is 258 Å². The molecule has 5 rings (SSSR count). The Morgan fingerprint density at radius 3 is 2.23 bits per heavy atom. The second-order valence-electron chi connectivity index (χ2n) is 11.4. The Hall–Kier alpha value is -1.88. The van der Waals surface area contributed by atoms with Crippen LogP contribution in [0.1, 0.15) is 70.3 Å². The third-order valence-electron chi connectivity index (χ3n) is 8.52. The molecule has 3 aromatic carbocycles. The lowest BCUT2D eigenvalue weighted by atomic mass is 9.90. The maximum Gasteiger partial charge on any atom is 0.162 e. The largest absolute Gasteiger partial charge is 0.299 e. The van der Waals surface area contributed by atoms with Crippen LogP contribution < -0.4 is 0 Å². The van der Waals surface area contributed by atoms with Gasteiger partial charge in [-0.05, 0) is 98.8 Å². The van der Waals surface area contributed by atoms with Gasteiger partial charge in [0.1, 0.15) is 0 Å². The zero-order chi connectivity index (χ0) is 26.3. The van der Waals surface area contributed by atoms with Crippen LogP contribution in [0.2, 0.25) is 5.02 Å². The number of benzene rings is 3. The molecule has 0 unspecified atom stereocenters. The van der Waals surface area contributed by atoms with E-state index in [0.717, 1.165) is 81.5 Å². The molecule has 3 nitrogen and oxygen atoms in total. The molecular weight excluding hydrogens is 559 g/mol. The third kappa shape index (κ3) is 9.06. The molecule has 1 fully saturated rings. The number of Topliss-reactive ketones (excluding diaryl/α,β-unsaturated/α-hetero) is 1. The van der Waals surface area contributed by atoms with Crippen molar-refractivity contribution in [2.75, 3.05) is 26.2 Å². The van der Waals surface area contributed by atoms with E-state index in [2.05, 4.69) is 71.3 Å². The highest BCUT2D eigenvalue weighted by molar-refractivity contribution is 6.31. The highest BCUT2D eigenvalue weighted by atomic mass is 35.5. The van der Waals surface area contributed by atoms with E-state index in [4.69, 9.17) is 11.6 Å². The van der Waals surface area contributed by atoms with E-state index in [1.54, 1.807) is 0 Å². The van der Waals surface area contributed by atoms with Gasteiger partial charge in [0.15, 0.2) is 5.78 Å².